The van der Waals surface area contributed by atoms with E-state index in [1.54, 1.807) is 0 Å². The molecule has 0 atom stereocenters. The van der Waals surface area contributed by atoms with Crippen molar-refractivity contribution < 1.29 is 0 Å². The predicted octanol–water partition coefficient (Wildman–Crippen LogP) is 3.20. The topological polar surface area (TPSA) is 41.6 Å². The fourth-order valence-corrected chi connectivity index (χ4v) is 1.85. The van der Waals surface area contributed by atoms with Gasteiger partial charge in [-0.2, -0.15) is 5.10 Å². The van der Waals surface area contributed by atoms with Crippen LogP contribution in [0.5, 0.6) is 0 Å². The average Bonchev–Trinajstić information content (AvgIpc) is 2.83. The highest BCUT2D eigenvalue weighted by molar-refractivity contribution is 5.62. The van der Waals surface area contributed by atoms with Gasteiger partial charge in [0.25, 0.3) is 0 Å². The van der Waals surface area contributed by atoms with E-state index in [0.717, 1.165) is 12.1 Å². The maximum absolute atomic E-state index is 4.22. The molecule has 2 aromatic heterocycles. The van der Waals surface area contributed by atoms with Crippen molar-refractivity contribution in [1.29, 1.82) is 0 Å². The lowest BCUT2D eigenvalue weighted by Crippen LogP contribution is -1.92. The molecule has 0 spiro atoms. The van der Waals surface area contributed by atoms with Gasteiger partial charge in [-0.15, -0.1) is 0 Å². The Bertz CT molecular complexity index is 421. The van der Waals surface area contributed by atoms with Crippen molar-refractivity contribution in [2.45, 2.75) is 32.6 Å². The number of pyridine rings is 1. The fourth-order valence-electron chi connectivity index (χ4n) is 1.85. The Kier molecular flexibility index (Phi) is 3.70. The molecule has 0 aromatic carbocycles. The minimum Gasteiger partial charge on any atom is -0.285 e. The number of aryl methyl sites for hydroxylation is 1. The molecule has 16 heavy (non-hydrogen) atoms. The summed E-state index contributed by atoms with van der Waals surface area (Å²) in [5.74, 6) is 0. The lowest BCUT2D eigenvalue weighted by molar-refractivity contribution is 0.716. The molecule has 0 amide bonds. The molecule has 0 bridgehead atoms. The summed E-state index contributed by atoms with van der Waals surface area (Å²) in [6, 6.07) is 4.04. The maximum atomic E-state index is 4.22. The van der Waals surface area contributed by atoms with Crippen LogP contribution in [0.4, 0.5) is 0 Å². The lowest BCUT2D eigenvalue weighted by Gasteiger charge is -2.05. The van der Waals surface area contributed by atoms with Gasteiger partial charge in [-0.25, -0.2) is 0 Å². The van der Waals surface area contributed by atoms with Crippen molar-refractivity contribution in [3.63, 3.8) is 0 Å². The number of nitrogens with zero attached hydrogens (tertiary/aromatic N) is 2. The summed E-state index contributed by atoms with van der Waals surface area (Å²) in [6.45, 7) is 2.22. The van der Waals surface area contributed by atoms with Gasteiger partial charge in [0, 0.05) is 24.2 Å². The van der Waals surface area contributed by atoms with E-state index in [0.29, 0.717) is 0 Å². The molecule has 3 heteroatoms. The number of aromatic nitrogens is 3. The standard InChI is InChI=1S/C13H17N3/c1-2-3-4-5-11-10-14-8-6-12(11)13-7-9-15-16-13/h6-10H,2-5H2,1H3,(H,15,16). The van der Waals surface area contributed by atoms with Crippen LogP contribution >= 0.6 is 0 Å². The largest absolute Gasteiger partial charge is 0.285 e. The fraction of sp³-hybridized carbons (Fsp3) is 0.385. The summed E-state index contributed by atoms with van der Waals surface area (Å²) < 4.78 is 0. The Morgan fingerprint density at radius 2 is 2.19 bits per heavy atom. The second-order valence-electron chi connectivity index (χ2n) is 3.95. The van der Waals surface area contributed by atoms with Gasteiger partial charge in [0.05, 0.1) is 5.69 Å². The molecule has 0 saturated heterocycles. The number of rotatable bonds is 5. The van der Waals surface area contributed by atoms with Gasteiger partial charge in [0.2, 0.25) is 0 Å². The van der Waals surface area contributed by atoms with Crippen molar-refractivity contribution in [3.05, 3.63) is 36.3 Å². The molecule has 0 saturated carbocycles. The molecule has 2 aromatic rings. The van der Waals surface area contributed by atoms with E-state index < -0.39 is 0 Å². The van der Waals surface area contributed by atoms with Crippen LogP contribution < -0.4 is 0 Å². The summed E-state index contributed by atoms with van der Waals surface area (Å²) in [6.07, 6.45) is 10.5. The van der Waals surface area contributed by atoms with Gasteiger partial charge in [-0.3, -0.25) is 10.1 Å². The van der Waals surface area contributed by atoms with Gasteiger partial charge >= 0.3 is 0 Å². The minimum atomic E-state index is 1.01. The second kappa shape index (κ2) is 5.45. The first kappa shape index (κ1) is 10.9. The molecule has 0 unspecified atom stereocenters. The van der Waals surface area contributed by atoms with Gasteiger partial charge in [-0.05, 0) is 30.5 Å². The van der Waals surface area contributed by atoms with Crippen LogP contribution in [0.25, 0.3) is 11.3 Å². The summed E-state index contributed by atoms with van der Waals surface area (Å²) in [5.41, 5.74) is 3.50. The quantitative estimate of drug-likeness (QED) is 0.778. The van der Waals surface area contributed by atoms with Gasteiger partial charge in [0.15, 0.2) is 0 Å². The third-order valence-corrected chi connectivity index (χ3v) is 2.73. The van der Waals surface area contributed by atoms with E-state index in [9.17, 15) is 0 Å². The van der Waals surface area contributed by atoms with E-state index in [-0.39, 0.29) is 0 Å². The minimum absolute atomic E-state index is 1.01. The molecule has 0 fully saturated rings. The number of hydrogen-bond acceptors (Lipinski definition) is 2. The van der Waals surface area contributed by atoms with Crippen LogP contribution in [0.2, 0.25) is 0 Å². The normalized spacial score (nSPS) is 10.6. The Morgan fingerprint density at radius 3 is 2.94 bits per heavy atom. The van der Waals surface area contributed by atoms with E-state index in [2.05, 4.69) is 22.1 Å². The highest BCUT2D eigenvalue weighted by Gasteiger charge is 2.06. The highest BCUT2D eigenvalue weighted by Crippen LogP contribution is 2.21. The number of unbranched alkanes of at least 4 members (excludes halogenated alkanes) is 2. The van der Waals surface area contributed by atoms with Crippen molar-refractivity contribution in [1.82, 2.24) is 15.2 Å². The molecule has 0 aliphatic rings. The Hall–Kier alpha value is -1.64. The highest BCUT2D eigenvalue weighted by atomic mass is 15.1. The number of hydrogen-bond donors (Lipinski definition) is 1. The van der Waals surface area contributed by atoms with Crippen LogP contribution in [0.1, 0.15) is 31.7 Å². The molecule has 0 aliphatic heterocycles. The zero-order valence-electron chi connectivity index (χ0n) is 9.61. The molecule has 2 heterocycles. The van der Waals surface area contributed by atoms with E-state index in [1.807, 2.05) is 30.7 Å². The zero-order chi connectivity index (χ0) is 11.2. The second-order valence-corrected chi connectivity index (χ2v) is 3.95. The molecule has 1 N–H and O–H groups in total. The number of nitrogens with one attached hydrogen (secondary N) is 1. The first-order valence-electron chi connectivity index (χ1n) is 5.85. The van der Waals surface area contributed by atoms with Crippen molar-refractivity contribution >= 4 is 0 Å². The molecule has 3 nitrogen and oxygen atoms in total. The van der Waals surface area contributed by atoms with Crippen LogP contribution in [-0.2, 0) is 6.42 Å². The Labute approximate surface area is 95.9 Å². The number of H-pyrrole nitrogens is 1. The van der Waals surface area contributed by atoms with Gasteiger partial charge in [-0.1, -0.05) is 19.8 Å². The molecule has 84 valence electrons. The molecular weight excluding hydrogens is 198 g/mol. The van der Waals surface area contributed by atoms with Crippen LogP contribution in [0.3, 0.4) is 0 Å². The van der Waals surface area contributed by atoms with Crippen LogP contribution in [-0.4, -0.2) is 15.2 Å². The zero-order valence-corrected chi connectivity index (χ0v) is 9.61. The maximum Gasteiger partial charge on any atom is 0.0924 e. The van der Waals surface area contributed by atoms with E-state index >= 15 is 0 Å². The summed E-state index contributed by atoms with van der Waals surface area (Å²) in [4.78, 5) is 4.20. The lowest BCUT2D eigenvalue weighted by atomic mass is 10.0. The average molecular weight is 215 g/mol. The van der Waals surface area contributed by atoms with E-state index in [1.165, 1.54) is 30.4 Å². The van der Waals surface area contributed by atoms with Crippen molar-refractivity contribution in [2.24, 2.45) is 0 Å². The summed E-state index contributed by atoms with van der Waals surface area (Å²) >= 11 is 0. The van der Waals surface area contributed by atoms with Crippen molar-refractivity contribution in [3.8, 4) is 11.3 Å². The molecule has 2 rings (SSSR count). The first-order valence-corrected chi connectivity index (χ1v) is 5.85. The smallest absolute Gasteiger partial charge is 0.0924 e. The summed E-state index contributed by atoms with van der Waals surface area (Å²) in [5, 5.41) is 7.07. The molecule has 0 aliphatic carbocycles. The predicted molar refractivity (Wildman–Crippen MR) is 65.0 cm³/mol. The van der Waals surface area contributed by atoms with E-state index in [4.69, 9.17) is 0 Å². The van der Waals surface area contributed by atoms with Crippen LogP contribution in [0.15, 0.2) is 30.7 Å². The van der Waals surface area contributed by atoms with Crippen molar-refractivity contribution in [2.75, 3.05) is 0 Å². The SMILES string of the molecule is CCCCCc1cnccc1-c1cc[nH]n1. The Balaban J connectivity index is 2.18. The third-order valence-electron chi connectivity index (χ3n) is 2.73. The van der Waals surface area contributed by atoms with Gasteiger partial charge in [0.1, 0.15) is 0 Å². The van der Waals surface area contributed by atoms with Crippen LogP contribution in [0, 0.1) is 0 Å². The monoisotopic (exact) mass is 215 g/mol. The number of aromatic amines is 1. The summed E-state index contributed by atoms with van der Waals surface area (Å²) in [7, 11) is 0. The third kappa shape index (κ3) is 2.48. The molecule has 0 radical (unpaired) electrons. The molecular formula is C13H17N3. The Morgan fingerprint density at radius 1 is 1.25 bits per heavy atom. The first-order chi connectivity index (χ1) is 7.92. The van der Waals surface area contributed by atoms with Gasteiger partial charge < -0.3 is 0 Å².